The van der Waals surface area contributed by atoms with Crippen LogP contribution in [0.25, 0.3) is 0 Å². The molecular weight excluding hydrogens is 407 g/mol. The van der Waals surface area contributed by atoms with Crippen molar-refractivity contribution in [2.45, 2.75) is 19.4 Å². The first-order chi connectivity index (χ1) is 13.4. The van der Waals surface area contributed by atoms with E-state index in [1.165, 1.54) is 18.4 Å². The summed E-state index contributed by atoms with van der Waals surface area (Å²) in [6.45, 7) is 1.36. The van der Waals surface area contributed by atoms with Gasteiger partial charge in [0.25, 0.3) is 5.91 Å². The Morgan fingerprint density at radius 2 is 1.93 bits per heavy atom. The molecule has 0 atom stereocenters. The molecule has 1 saturated heterocycles. The van der Waals surface area contributed by atoms with E-state index in [4.69, 9.17) is 32.4 Å². The molecule has 1 amide bonds. The summed E-state index contributed by atoms with van der Waals surface area (Å²) in [5, 5.41) is 3.32. The number of nitrogens with one attached hydrogen (secondary N) is 1. The maximum Gasteiger partial charge on any atom is 0.262 e. The van der Waals surface area contributed by atoms with Gasteiger partial charge in [-0.3, -0.25) is 19.3 Å². The second-order valence-electron chi connectivity index (χ2n) is 6.35. The summed E-state index contributed by atoms with van der Waals surface area (Å²) < 4.78 is 10.7. The molecule has 0 unspecified atom stereocenters. The van der Waals surface area contributed by atoms with Crippen LogP contribution in [0.2, 0.25) is 10.0 Å². The van der Waals surface area contributed by atoms with Crippen molar-refractivity contribution in [3.63, 3.8) is 0 Å². The Labute approximate surface area is 171 Å². The molecule has 1 fully saturated rings. The van der Waals surface area contributed by atoms with Crippen LogP contribution in [0, 0.1) is 0 Å². The van der Waals surface area contributed by atoms with E-state index < -0.39 is 5.91 Å². The molecule has 0 bridgehead atoms. The zero-order valence-corrected chi connectivity index (χ0v) is 16.4. The minimum atomic E-state index is -0.481. The predicted octanol–water partition coefficient (Wildman–Crippen LogP) is 3.13. The average molecular weight is 425 g/mol. The van der Waals surface area contributed by atoms with Crippen LogP contribution < -0.4 is 15.5 Å². The number of amides is 1. The molecule has 148 valence electrons. The number of benzene rings is 1. The largest absolute Gasteiger partial charge is 0.477 e. The molecular formula is C19H18Cl2N2O5. The molecule has 0 aliphatic carbocycles. The van der Waals surface area contributed by atoms with Crippen LogP contribution in [0.15, 0.2) is 39.7 Å². The molecule has 1 aliphatic rings. The van der Waals surface area contributed by atoms with Crippen molar-refractivity contribution in [3.8, 4) is 5.75 Å². The van der Waals surface area contributed by atoms with Gasteiger partial charge in [-0.25, -0.2) is 0 Å². The van der Waals surface area contributed by atoms with Crippen molar-refractivity contribution in [1.82, 2.24) is 4.90 Å². The Kier molecular flexibility index (Phi) is 6.72. The number of ketones is 1. The van der Waals surface area contributed by atoms with Crippen molar-refractivity contribution >= 4 is 40.6 Å². The van der Waals surface area contributed by atoms with Crippen molar-refractivity contribution in [2.24, 2.45) is 0 Å². The van der Waals surface area contributed by atoms with Crippen LogP contribution in [-0.2, 0) is 16.1 Å². The van der Waals surface area contributed by atoms with Crippen LogP contribution >= 0.6 is 23.2 Å². The Bertz CT molecular complexity index is 934. The fraction of sp³-hybridized carbons (Fsp3) is 0.316. The van der Waals surface area contributed by atoms with Gasteiger partial charge in [0.15, 0.2) is 6.61 Å². The number of hydrogen-bond donors (Lipinski definition) is 1. The number of Topliss-reactive ketones (excluding diaryl/α,β-unsaturated/α-hetero) is 1. The van der Waals surface area contributed by atoms with E-state index in [1.54, 1.807) is 12.1 Å². The smallest absolute Gasteiger partial charge is 0.262 e. The van der Waals surface area contributed by atoms with E-state index in [0.717, 1.165) is 0 Å². The lowest BCUT2D eigenvalue weighted by molar-refractivity contribution is -0.121. The van der Waals surface area contributed by atoms with Gasteiger partial charge in [0, 0.05) is 37.0 Å². The van der Waals surface area contributed by atoms with E-state index >= 15 is 0 Å². The first-order valence-electron chi connectivity index (χ1n) is 8.64. The third kappa shape index (κ3) is 5.58. The third-order valence-corrected chi connectivity index (χ3v) is 4.76. The van der Waals surface area contributed by atoms with Crippen molar-refractivity contribution < 1.29 is 18.7 Å². The molecule has 1 aliphatic heterocycles. The highest BCUT2D eigenvalue weighted by Crippen LogP contribution is 2.25. The molecule has 28 heavy (non-hydrogen) atoms. The number of carbonyl (C=O) groups excluding carboxylic acids is 2. The van der Waals surface area contributed by atoms with Gasteiger partial charge in [-0.1, -0.05) is 23.2 Å². The number of halogens is 2. The van der Waals surface area contributed by atoms with Crippen LogP contribution in [-0.4, -0.2) is 36.3 Å². The molecule has 2 aromatic rings. The lowest BCUT2D eigenvalue weighted by Gasteiger charge is -2.24. The maximum absolute atomic E-state index is 12.2. The van der Waals surface area contributed by atoms with Crippen LogP contribution in [0.5, 0.6) is 5.75 Å². The summed E-state index contributed by atoms with van der Waals surface area (Å²) in [4.78, 5) is 37.5. The van der Waals surface area contributed by atoms with E-state index in [2.05, 4.69) is 5.32 Å². The minimum Gasteiger partial charge on any atom is -0.477 e. The maximum atomic E-state index is 12.2. The van der Waals surface area contributed by atoms with Gasteiger partial charge in [-0.2, -0.15) is 0 Å². The van der Waals surface area contributed by atoms with E-state index in [1.807, 2.05) is 4.90 Å². The zero-order chi connectivity index (χ0) is 20.1. The Morgan fingerprint density at radius 1 is 1.18 bits per heavy atom. The fourth-order valence-electron chi connectivity index (χ4n) is 2.73. The summed E-state index contributed by atoms with van der Waals surface area (Å²) in [6, 6.07) is 6.00. The summed E-state index contributed by atoms with van der Waals surface area (Å²) in [5.41, 5.74) is 0.00808. The first kappa shape index (κ1) is 20.4. The fourth-order valence-corrected chi connectivity index (χ4v) is 3.18. The number of rotatable bonds is 6. The van der Waals surface area contributed by atoms with Gasteiger partial charge < -0.3 is 14.5 Å². The van der Waals surface area contributed by atoms with Crippen LogP contribution in [0.1, 0.15) is 18.6 Å². The van der Waals surface area contributed by atoms with Crippen LogP contribution in [0.4, 0.5) is 5.69 Å². The Hall–Kier alpha value is -2.35. The molecule has 1 N–H and O–H groups in total. The van der Waals surface area contributed by atoms with E-state index in [0.29, 0.717) is 54.0 Å². The number of piperidine rings is 1. The highest BCUT2D eigenvalue weighted by Gasteiger charge is 2.17. The first-order valence-corrected chi connectivity index (χ1v) is 9.40. The van der Waals surface area contributed by atoms with Gasteiger partial charge in [-0.15, -0.1) is 0 Å². The molecule has 9 heteroatoms. The number of ether oxygens (including phenoxy) is 1. The SMILES string of the molecule is O=C1CCN(Cc2cc(=O)c(OCC(=O)Nc3ccc(Cl)cc3Cl)co2)CC1. The standard InChI is InChI=1S/C19H18Cl2N2O5/c20-12-1-2-16(15(21)7-12)22-19(26)11-28-18-10-27-14(8-17(18)25)9-23-5-3-13(24)4-6-23/h1-2,7-8,10H,3-6,9,11H2,(H,22,26). The molecule has 1 aromatic heterocycles. The average Bonchev–Trinajstić information content (AvgIpc) is 2.65. The molecule has 7 nitrogen and oxygen atoms in total. The molecule has 0 saturated carbocycles. The summed E-state index contributed by atoms with van der Waals surface area (Å²) in [5.74, 6) is 0.185. The minimum absolute atomic E-state index is 0.0603. The summed E-state index contributed by atoms with van der Waals surface area (Å²) in [7, 11) is 0. The molecule has 0 spiro atoms. The Balaban J connectivity index is 1.53. The van der Waals surface area contributed by atoms with Gasteiger partial charge in [0.1, 0.15) is 17.8 Å². The second-order valence-corrected chi connectivity index (χ2v) is 7.19. The van der Waals surface area contributed by atoms with E-state index in [9.17, 15) is 14.4 Å². The number of carbonyl (C=O) groups is 2. The highest BCUT2D eigenvalue weighted by molar-refractivity contribution is 6.36. The molecule has 0 radical (unpaired) electrons. The second kappa shape index (κ2) is 9.23. The Morgan fingerprint density at radius 3 is 2.61 bits per heavy atom. The van der Waals surface area contributed by atoms with E-state index in [-0.39, 0.29) is 23.6 Å². The normalized spacial score (nSPS) is 14.7. The molecule has 3 rings (SSSR count). The van der Waals surface area contributed by atoms with Crippen molar-refractivity contribution in [2.75, 3.05) is 25.0 Å². The summed E-state index contributed by atoms with van der Waals surface area (Å²) >= 11 is 11.8. The lowest BCUT2D eigenvalue weighted by Crippen LogP contribution is -2.33. The topological polar surface area (TPSA) is 88.8 Å². The van der Waals surface area contributed by atoms with Gasteiger partial charge in [0.2, 0.25) is 11.2 Å². The highest BCUT2D eigenvalue weighted by atomic mass is 35.5. The molecule has 1 aromatic carbocycles. The number of nitrogens with zero attached hydrogens (tertiary/aromatic N) is 1. The predicted molar refractivity (Wildman–Crippen MR) is 105 cm³/mol. The number of anilines is 1. The van der Waals surface area contributed by atoms with Crippen LogP contribution in [0.3, 0.4) is 0 Å². The van der Waals surface area contributed by atoms with Crippen molar-refractivity contribution in [3.05, 3.63) is 56.6 Å². The lowest BCUT2D eigenvalue weighted by atomic mass is 10.1. The number of hydrogen-bond acceptors (Lipinski definition) is 6. The quantitative estimate of drug-likeness (QED) is 0.765. The van der Waals surface area contributed by atoms with Gasteiger partial charge in [-0.05, 0) is 18.2 Å². The van der Waals surface area contributed by atoms with Crippen molar-refractivity contribution in [1.29, 1.82) is 0 Å². The van der Waals surface area contributed by atoms with Gasteiger partial charge in [0.05, 0.1) is 17.3 Å². The molecule has 2 heterocycles. The third-order valence-electron chi connectivity index (χ3n) is 4.21. The monoisotopic (exact) mass is 424 g/mol. The van der Waals surface area contributed by atoms with Gasteiger partial charge >= 0.3 is 0 Å². The summed E-state index contributed by atoms with van der Waals surface area (Å²) in [6.07, 6.45) is 2.21. The zero-order valence-electron chi connectivity index (χ0n) is 14.9. The number of likely N-dealkylation sites (tertiary alicyclic amines) is 1.